The van der Waals surface area contributed by atoms with E-state index in [1.807, 2.05) is 0 Å². The van der Waals surface area contributed by atoms with Crippen molar-refractivity contribution in [1.29, 1.82) is 0 Å². The van der Waals surface area contributed by atoms with Gasteiger partial charge in [0.2, 0.25) is 11.8 Å². The molecule has 0 unspecified atom stereocenters. The van der Waals surface area contributed by atoms with E-state index in [9.17, 15) is 19.2 Å². The van der Waals surface area contributed by atoms with Crippen LogP contribution in [0.4, 0.5) is 4.79 Å². The van der Waals surface area contributed by atoms with E-state index in [0.29, 0.717) is 17.7 Å². The predicted molar refractivity (Wildman–Crippen MR) is 81.4 cm³/mol. The van der Waals surface area contributed by atoms with Crippen molar-refractivity contribution in [2.24, 2.45) is 0 Å². The fraction of sp³-hybridized carbons (Fsp3) is 0.333. The van der Waals surface area contributed by atoms with Gasteiger partial charge in [-0.1, -0.05) is 18.2 Å². The Bertz CT molecular complexity index is 628. The van der Waals surface area contributed by atoms with Crippen LogP contribution in [0.25, 0.3) is 0 Å². The van der Waals surface area contributed by atoms with Crippen LogP contribution in [0.1, 0.15) is 22.8 Å². The van der Waals surface area contributed by atoms with Crippen LogP contribution in [-0.2, 0) is 16.1 Å². The van der Waals surface area contributed by atoms with Crippen LogP contribution in [0.5, 0.6) is 0 Å². The third kappa shape index (κ3) is 4.29. The van der Waals surface area contributed by atoms with Crippen LogP contribution in [0.2, 0.25) is 0 Å². The zero-order chi connectivity index (χ0) is 16.8. The Hall–Kier alpha value is -2.90. The van der Waals surface area contributed by atoms with Crippen LogP contribution in [-0.4, -0.2) is 48.3 Å². The van der Waals surface area contributed by atoms with Gasteiger partial charge >= 0.3 is 6.03 Å². The fourth-order valence-corrected chi connectivity index (χ4v) is 2.18. The maximum absolute atomic E-state index is 12.2. The molecule has 0 aromatic heterocycles. The van der Waals surface area contributed by atoms with Crippen LogP contribution in [0, 0.1) is 0 Å². The van der Waals surface area contributed by atoms with Crippen molar-refractivity contribution >= 4 is 23.8 Å². The van der Waals surface area contributed by atoms with E-state index < -0.39 is 6.03 Å². The maximum atomic E-state index is 12.2. The minimum Gasteiger partial charge on any atom is -0.355 e. The third-order valence-electron chi connectivity index (χ3n) is 3.31. The molecule has 1 fully saturated rings. The summed E-state index contributed by atoms with van der Waals surface area (Å²) in [6, 6.07) is 6.30. The molecule has 0 atom stereocenters. The minimum absolute atomic E-state index is 0.0239. The van der Waals surface area contributed by atoms with E-state index in [2.05, 4.69) is 16.0 Å². The number of urea groups is 1. The molecule has 2 rings (SSSR count). The van der Waals surface area contributed by atoms with E-state index in [4.69, 9.17) is 0 Å². The molecule has 1 saturated heterocycles. The van der Waals surface area contributed by atoms with Gasteiger partial charge in [0, 0.05) is 25.6 Å². The second-order valence-electron chi connectivity index (χ2n) is 5.03. The zero-order valence-electron chi connectivity index (χ0n) is 12.7. The third-order valence-corrected chi connectivity index (χ3v) is 3.31. The molecule has 0 bridgehead atoms. The van der Waals surface area contributed by atoms with Gasteiger partial charge < -0.3 is 16.0 Å². The summed E-state index contributed by atoms with van der Waals surface area (Å²) in [5, 5.41) is 7.70. The highest BCUT2D eigenvalue weighted by Crippen LogP contribution is 2.13. The quantitative estimate of drug-likeness (QED) is 0.490. The van der Waals surface area contributed by atoms with Crippen molar-refractivity contribution in [1.82, 2.24) is 20.9 Å². The molecule has 8 nitrogen and oxygen atoms in total. The number of amides is 5. The number of carbonyl (C=O) groups is 4. The summed E-state index contributed by atoms with van der Waals surface area (Å²) in [6.45, 7) is 2.03. The summed E-state index contributed by atoms with van der Waals surface area (Å²) in [4.78, 5) is 47.3. The number of benzene rings is 1. The SMILES string of the molecule is CC(=O)NCCNC(=O)c1ccccc1CN1C(=O)CNC1=O. The number of hydrogen-bond donors (Lipinski definition) is 3. The highest BCUT2D eigenvalue weighted by Gasteiger charge is 2.29. The van der Waals surface area contributed by atoms with Gasteiger partial charge in [-0.25, -0.2) is 4.79 Å². The number of carbonyl (C=O) groups excluding carboxylic acids is 4. The lowest BCUT2D eigenvalue weighted by Crippen LogP contribution is -2.35. The second-order valence-corrected chi connectivity index (χ2v) is 5.03. The van der Waals surface area contributed by atoms with E-state index in [0.717, 1.165) is 4.90 Å². The average molecular weight is 318 g/mol. The summed E-state index contributed by atoms with van der Waals surface area (Å²) < 4.78 is 0. The smallest absolute Gasteiger partial charge is 0.324 e. The van der Waals surface area contributed by atoms with Crippen molar-refractivity contribution in [3.8, 4) is 0 Å². The normalized spacial score (nSPS) is 13.7. The lowest BCUT2D eigenvalue weighted by molar-refractivity contribution is -0.125. The Kier molecular flexibility index (Phi) is 5.29. The molecule has 0 spiro atoms. The topological polar surface area (TPSA) is 108 Å². The molecule has 0 aliphatic carbocycles. The molecule has 1 aromatic carbocycles. The summed E-state index contributed by atoms with van der Waals surface area (Å²) in [7, 11) is 0. The van der Waals surface area contributed by atoms with Gasteiger partial charge in [0.15, 0.2) is 0 Å². The van der Waals surface area contributed by atoms with Crippen molar-refractivity contribution in [2.45, 2.75) is 13.5 Å². The van der Waals surface area contributed by atoms with Crippen LogP contribution >= 0.6 is 0 Å². The van der Waals surface area contributed by atoms with Crippen LogP contribution in [0.15, 0.2) is 24.3 Å². The largest absolute Gasteiger partial charge is 0.355 e. The molecular weight excluding hydrogens is 300 g/mol. The molecule has 1 aromatic rings. The lowest BCUT2D eigenvalue weighted by Gasteiger charge is -2.15. The Balaban J connectivity index is 2.02. The maximum Gasteiger partial charge on any atom is 0.324 e. The van der Waals surface area contributed by atoms with Crippen molar-refractivity contribution in [3.63, 3.8) is 0 Å². The Morgan fingerprint density at radius 3 is 2.52 bits per heavy atom. The highest BCUT2D eigenvalue weighted by molar-refractivity contribution is 6.02. The van der Waals surface area contributed by atoms with Gasteiger partial charge in [0.1, 0.15) is 0 Å². The molecular formula is C15H18N4O4. The first-order valence-corrected chi connectivity index (χ1v) is 7.18. The number of rotatable bonds is 6. The average Bonchev–Trinajstić information content (AvgIpc) is 2.83. The van der Waals surface area contributed by atoms with Gasteiger partial charge in [-0.3, -0.25) is 19.3 Å². The van der Waals surface area contributed by atoms with Crippen molar-refractivity contribution in [3.05, 3.63) is 35.4 Å². The van der Waals surface area contributed by atoms with Gasteiger partial charge in [-0.2, -0.15) is 0 Å². The van der Waals surface area contributed by atoms with E-state index in [-0.39, 0.29) is 37.4 Å². The Labute approximate surface area is 133 Å². The molecule has 8 heteroatoms. The monoisotopic (exact) mass is 318 g/mol. The molecule has 1 aliphatic heterocycles. The second kappa shape index (κ2) is 7.39. The van der Waals surface area contributed by atoms with Crippen LogP contribution in [0.3, 0.4) is 0 Å². The predicted octanol–water partition coefficient (Wildman–Crippen LogP) is -0.396. The zero-order valence-corrected chi connectivity index (χ0v) is 12.7. The first-order chi connectivity index (χ1) is 11.0. The number of nitrogens with zero attached hydrogens (tertiary/aromatic N) is 1. The summed E-state index contributed by atoms with van der Waals surface area (Å²) in [6.07, 6.45) is 0. The summed E-state index contributed by atoms with van der Waals surface area (Å²) >= 11 is 0. The van der Waals surface area contributed by atoms with Crippen molar-refractivity contribution < 1.29 is 19.2 Å². The fourth-order valence-electron chi connectivity index (χ4n) is 2.18. The molecule has 23 heavy (non-hydrogen) atoms. The lowest BCUT2D eigenvalue weighted by atomic mass is 10.1. The van der Waals surface area contributed by atoms with Gasteiger partial charge in [-0.05, 0) is 11.6 Å². The highest BCUT2D eigenvalue weighted by atomic mass is 16.2. The van der Waals surface area contributed by atoms with Gasteiger partial charge in [-0.15, -0.1) is 0 Å². The van der Waals surface area contributed by atoms with Gasteiger partial charge in [0.05, 0.1) is 13.1 Å². The molecule has 5 amide bonds. The van der Waals surface area contributed by atoms with Crippen LogP contribution < -0.4 is 16.0 Å². The first-order valence-electron chi connectivity index (χ1n) is 7.18. The minimum atomic E-state index is -0.462. The molecule has 122 valence electrons. The van der Waals surface area contributed by atoms with E-state index in [1.54, 1.807) is 24.3 Å². The number of imide groups is 1. The molecule has 1 heterocycles. The first kappa shape index (κ1) is 16.5. The summed E-state index contributed by atoms with van der Waals surface area (Å²) in [5.74, 6) is -0.813. The molecule has 1 aliphatic rings. The molecule has 0 radical (unpaired) electrons. The standard InChI is InChI=1S/C15H18N4O4/c1-10(20)16-6-7-17-14(22)12-5-3-2-4-11(12)9-19-13(21)8-18-15(19)23/h2-5H,6-9H2,1H3,(H,16,20)(H,17,22)(H,18,23). The molecule has 3 N–H and O–H groups in total. The Morgan fingerprint density at radius 2 is 1.87 bits per heavy atom. The van der Waals surface area contributed by atoms with Crippen molar-refractivity contribution in [2.75, 3.05) is 19.6 Å². The Morgan fingerprint density at radius 1 is 1.17 bits per heavy atom. The summed E-state index contributed by atoms with van der Waals surface area (Å²) in [5.41, 5.74) is 0.970. The molecule has 0 saturated carbocycles. The number of hydrogen-bond acceptors (Lipinski definition) is 4. The van der Waals surface area contributed by atoms with Gasteiger partial charge in [0.25, 0.3) is 5.91 Å². The van der Waals surface area contributed by atoms with E-state index >= 15 is 0 Å². The number of nitrogens with one attached hydrogen (secondary N) is 3. The van der Waals surface area contributed by atoms with E-state index in [1.165, 1.54) is 6.92 Å².